The van der Waals surface area contributed by atoms with Gasteiger partial charge in [0.1, 0.15) is 11.6 Å². The average Bonchev–Trinajstić information content (AvgIpc) is 2.46. The molecule has 2 aromatic rings. The van der Waals surface area contributed by atoms with Crippen LogP contribution in [-0.4, -0.2) is 47.6 Å². The number of anilines is 1. The number of phenols is 1. The quantitative estimate of drug-likeness (QED) is 0.847. The molecule has 1 aromatic heterocycles. The molecule has 1 aliphatic heterocycles. The Kier molecular flexibility index (Phi) is 3.23. The summed E-state index contributed by atoms with van der Waals surface area (Å²) >= 11 is 0. The van der Waals surface area contributed by atoms with Gasteiger partial charge in [0.15, 0.2) is 0 Å². The minimum atomic E-state index is -0.178. The van der Waals surface area contributed by atoms with Gasteiger partial charge in [-0.15, -0.1) is 0 Å². The molecule has 1 aromatic carbocycles. The Labute approximate surface area is 111 Å². The maximum Gasteiger partial charge on any atom is 0.136 e. The minimum absolute atomic E-state index is 0.00646. The van der Waals surface area contributed by atoms with E-state index in [1.165, 1.54) is 0 Å². The van der Waals surface area contributed by atoms with Crippen molar-refractivity contribution in [1.82, 2.24) is 4.98 Å². The number of phenolic OH excluding ortho intramolecular Hbond substituents is 1. The van der Waals surface area contributed by atoms with E-state index in [1.807, 2.05) is 12.1 Å². The predicted molar refractivity (Wildman–Crippen MR) is 72.4 cm³/mol. The minimum Gasteiger partial charge on any atom is -0.508 e. The number of rotatable bonds is 2. The number of nitrogens with zero attached hydrogens (tertiary/aromatic N) is 2. The first-order chi connectivity index (χ1) is 9.28. The van der Waals surface area contributed by atoms with Gasteiger partial charge in [0.2, 0.25) is 0 Å². The molecule has 1 saturated heterocycles. The average molecular weight is 260 g/mol. The van der Waals surface area contributed by atoms with E-state index in [9.17, 15) is 10.2 Å². The van der Waals surface area contributed by atoms with Crippen molar-refractivity contribution in [3.63, 3.8) is 0 Å². The molecule has 5 heteroatoms. The van der Waals surface area contributed by atoms with Crippen LogP contribution in [-0.2, 0) is 4.74 Å². The number of aromatic nitrogens is 1. The Morgan fingerprint density at radius 3 is 3.11 bits per heavy atom. The molecule has 100 valence electrons. The van der Waals surface area contributed by atoms with E-state index in [0.29, 0.717) is 13.2 Å². The number of aromatic hydroxyl groups is 1. The highest BCUT2D eigenvalue weighted by atomic mass is 16.5. The SMILES string of the molecule is OCC1CN(c2nccc3ccc(O)cc23)CCO1. The summed E-state index contributed by atoms with van der Waals surface area (Å²) in [5.41, 5.74) is 0. The molecule has 0 spiro atoms. The second-order valence-corrected chi connectivity index (χ2v) is 4.66. The first kappa shape index (κ1) is 12.2. The summed E-state index contributed by atoms with van der Waals surface area (Å²) in [6, 6.07) is 7.19. The number of aliphatic hydroxyl groups excluding tert-OH is 1. The van der Waals surface area contributed by atoms with E-state index < -0.39 is 0 Å². The molecule has 3 rings (SSSR count). The fraction of sp³-hybridized carbons (Fsp3) is 0.357. The molecule has 0 saturated carbocycles. The van der Waals surface area contributed by atoms with Crippen molar-refractivity contribution < 1.29 is 14.9 Å². The van der Waals surface area contributed by atoms with Gasteiger partial charge in [-0.2, -0.15) is 0 Å². The van der Waals surface area contributed by atoms with Gasteiger partial charge >= 0.3 is 0 Å². The Bertz CT molecular complexity index is 588. The van der Waals surface area contributed by atoms with Crippen molar-refractivity contribution in [2.45, 2.75) is 6.10 Å². The van der Waals surface area contributed by atoms with E-state index in [2.05, 4.69) is 9.88 Å². The third kappa shape index (κ3) is 2.34. The first-order valence-corrected chi connectivity index (χ1v) is 6.33. The van der Waals surface area contributed by atoms with Crippen molar-refractivity contribution in [1.29, 1.82) is 0 Å². The van der Waals surface area contributed by atoms with Gasteiger partial charge in [-0.3, -0.25) is 0 Å². The van der Waals surface area contributed by atoms with Crippen molar-refractivity contribution in [3.05, 3.63) is 30.5 Å². The van der Waals surface area contributed by atoms with Crippen LogP contribution >= 0.6 is 0 Å². The normalized spacial score (nSPS) is 19.8. The summed E-state index contributed by atoms with van der Waals surface area (Å²) in [4.78, 5) is 6.51. The van der Waals surface area contributed by atoms with Crippen molar-refractivity contribution in [2.24, 2.45) is 0 Å². The highest BCUT2D eigenvalue weighted by Crippen LogP contribution is 2.28. The fourth-order valence-electron chi connectivity index (χ4n) is 2.42. The third-order valence-electron chi connectivity index (χ3n) is 3.37. The topological polar surface area (TPSA) is 65.8 Å². The molecule has 0 amide bonds. The number of hydrogen-bond acceptors (Lipinski definition) is 5. The summed E-state index contributed by atoms with van der Waals surface area (Å²) in [6.45, 7) is 1.92. The zero-order valence-electron chi connectivity index (χ0n) is 10.5. The van der Waals surface area contributed by atoms with Gasteiger partial charge in [-0.25, -0.2) is 4.98 Å². The van der Waals surface area contributed by atoms with E-state index in [0.717, 1.165) is 23.1 Å². The van der Waals surface area contributed by atoms with Crippen LogP contribution in [0.4, 0.5) is 5.82 Å². The highest BCUT2D eigenvalue weighted by Gasteiger charge is 2.22. The molecule has 0 aliphatic carbocycles. The Morgan fingerprint density at radius 2 is 2.26 bits per heavy atom. The summed E-state index contributed by atoms with van der Waals surface area (Å²) in [7, 11) is 0. The molecular weight excluding hydrogens is 244 g/mol. The second-order valence-electron chi connectivity index (χ2n) is 4.66. The maximum atomic E-state index is 9.64. The number of morpholine rings is 1. The van der Waals surface area contributed by atoms with E-state index in [1.54, 1.807) is 18.3 Å². The van der Waals surface area contributed by atoms with Crippen LogP contribution < -0.4 is 4.90 Å². The van der Waals surface area contributed by atoms with Gasteiger partial charge in [-0.1, -0.05) is 6.07 Å². The Morgan fingerprint density at radius 1 is 1.37 bits per heavy atom. The van der Waals surface area contributed by atoms with Gasteiger partial charge in [0.25, 0.3) is 0 Å². The molecule has 2 N–H and O–H groups in total. The highest BCUT2D eigenvalue weighted by molar-refractivity contribution is 5.93. The Balaban J connectivity index is 2.02. The first-order valence-electron chi connectivity index (χ1n) is 6.33. The van der Waals surface area contributed by atoms with Crippen molar-refractivity contribution >= 4 is 16.6 Å². The van der Waals surface area contributed by atoms with E-state index in [-0.39, 0.29) is 18.5 Å². The van der Waals surface area contributed by atoms with Gasteiger partial charge in [-0.05, 0) is 23.6 Å². The van der Waals surface area contributed by atoms with E-state index in [4.69, 9.17) is 4.74 Å². The Hall–Kier alpha value is -1.85. The van der Waals surface area contributed by atoms with Gasteiger partial charge in [0, 0.05) is 24.7 Å². The number of benzene rings is 1. The number of aliphatic hydroxyl groups is 1. The van der Waals surface area contributed by atoms with Crippen LogP contribution in [0.5, 0.6) is 5.75 Å². The summed E-state index contributed by atoms with van der Waals surface area (Å²) in [5, 5.41) is 20.8. The van der Waals surface area contributed by atoms with Crippen LogP contribution in [0.25, 0.3) is 10.8 Å². The van der Waals surface area contributed by atoms with Crippen LogP contribution in [0.1, 0.15) is 0 Å². The molecule has 0 bridgehead atoms. The molecule has 1 fully saturated rings. The lowest BCUT2D eigenvalue weighted by Crippen LogP contribution is -2.44. The smallest absolute Gasteiger partial charge is 0.136 e. The molecule has 1 unspecified atom stereocenters. The molecule has 1 atom stereocenters. The largest absolute Gasteiger partial charge is 0.508 e. The molecule has 19 heavy (non-hydrogen) atoms. The zero-order valence-corrected chi connectivity index (χ0v) is 10.5. The second kappa shape index (κ2) is 5.03. The van der Waals surface area contributed by atoms with Crippen LogP contribution in [0, 0.1) is 0 Å². The summed E-state index contributed by atoms with van der Waals surface area (Å²) in [5.74, 6) is 1.06. The molecule has 1 aliphatic rings. The monoisotopic (exact) mass is 260 g/mol. The van der Waals surface area contributed by atoms with Gasteiger partial charge in [0.05, 0.1) is 19.3 Å². The molecular formula is C14H16N2O3. The lowest BCUT2D eigenvalue weighted by molar-refractivity contribution is 0.00344. The number of ether oxygens (including phenoxy) is 1. The lowest BCUT2D eigenvalue weighted by atomic mass is 10.1. The van der Waals surface area contributed by atoms with E-state index >= 15 is 0 Å². The van der Waals surface area contributed by atoms with Gasteiger partial charge < -0.3 is 19.8 Å². The molecule has 5 nitrogen and oxygen atoms in total. The fourth-order valence-corrected chi connectivity index (χ4v) is 2.42. The van der Waals surface area contributed by atoms with Crippen molar-refractivity contribution in [2.75, 3.05) is 31.2 Å². The summed E-state index contributed by atoms with van der Waals surface area (Å²) in [6.07, 6.45) is 1.58. The molecule has 0 radical (unpaired) electrons. The maximum absolute atomic E-state index is 9.64. The predicted octanol–water partition coefficient (Wildman–Crippen LogP) is 1.14. The van der Waals surface area contributed by atoms with Crippen LogP contribution in [0.2, 0.25) is 0 Å². The van der Waals surface area contributed by atoms with Crippen LogP contribution in [0.15, 0.2) is 30.5 Å². The lowest BCUT2D eigenvalue weighted by Gasteiger charge is -2.33. The number of pyridine rings is 1. The summed E-state index contributed by atoms with van der Waals surface area (Å²) < 4.78 is 5.45. The zero-order chi connectivity index (χ0) is 13.2. The number of fused-ring (bicyclic) bond motifs is 1. The van der Waals surface area contributed by atoms with Crippen molar-refractivity contribution in [3.8, 4) is 5.75 Å². The standard InChI is InChI=1S/C14H16N2O3/c17-9-12-8-16(5-6-19-12)14-13-7-11(18)2-1-10(13)3-4-15-14/h1-4,7,12,17-18H,5-6,8-9H2. The number of hydrogen-bond donors (Lipinski definition) is 2. The van der Waals surface area contributed by atoms with Crippen LogP contribution in [0.3, 0.4) is 0 Å². The molecule has 2 heterocycles. The third-order valence-corrected chi connectivity index (χ3v) is 3.37.